The zero-order valence-electron chi connectivity index (χ0n) is 14.5. The van der Waals surface area contributed by atoms with E-state index in [9.17, 15) is 14.7 Å². The van der Waals surface area contributed by atoms with E-state index in [1.54, 1.807) is 6.92 Å². The number of anilines is 1. The summed E-state index contributed by atoms with van der Waals surface area (Å²) >= 11 is 0. The molecule has 0 saturated heterocycles. The van der Waals surface area contributed by atoms with Crippen molar-refractivity contribution in [2.75, 3.05) is 11.9 Å². The number of hydrogen-bond acceptors (Lipinski definition) is 5. The summed E-state index contributed by atoms with van der Waals surface area (Å²) in [5, 5.41) is 13.7. The van der Waals surface area contributed by atoms with Crippen molar-refractivity contribution in [3.63, 3.8) is 0 Å². The van der Waals surface area contributed by atoms with Gasteiger partial charge in [0, 0.05) is 5.56 Å². The lowest BCUT2D eigenvalue weighted by atomic mass is 9.99. The molecule has 26 heavy (non-hydrogen) atoms. The lowest BCUT2D eigenvalue weighted by Crippen LogP contribution is -2.40. The average molecular weight is 351 g/mol. The number of rotatable bonds is 8. The molecule has 0 aromatic heterocycles. The molecule has 0 bridgehead atoms. The van der Waals surface area contributed by atoms with Gasteiger partial charge in [-0.2, -0.15) is 0 Å². The van der Waals surface area contributed by atoms with E-state index < -0.39 is 23.0 Å². The molecule has 5 heteroatoms. The summed E-state index contributed by atoms with van der Waals surface area (Å²) in [4.78, 5) is 23.2. The van der Waals surface area contributed by atoms with Crippen molar-refractivity contribution < 1.29 is 9.84 Å². The third-order valence-corrected chi connectivity index (χ3v) is 4.39. The molecule has 0 aliphatic rings. The highest BCUT2D eigenvalue weighted by Gasteiger charge is 2.26. The summed E-state index contributed by atoms with van der Waals surface area (Å²) < 4.78 is 5.63. The summed E-state index contributed by atoms with van der Waals surface area (Å²) in [5.74, 6) is 0. The minimum atomic E-state index is -0.884. The Balaban J connectivity index is 1.71. The highest BCUT2D eigenvalue weighted by atomic mass is 16.5. The van der Waals surface area contributed by atoms with Crippen molar-refractivity contribution in [2.45, 2.75) is 25.7 Å². The Morgan fingerprint density at radius 3 is 2.19 bits per heavy atom. The topological polar surface area (TPSA) is 75.6 Å². The van der Waals surface area contributed by atoms with Gasteiger partial charge in [0.1, 0.15) is 6.10 Å². The number of benzene rings is 2. The molecular weight excluding hydrogens is 330 g/mol. The van der Waals surface area contributed by atoms with Gasteiger partial charge in [-0.25, -0.2) is 0 Å². The van der Waals surface area contributed by atoms with Crippen molar-refractivity contribution in [2.24, 2.45) is 0 Å². The fraction of sp³-hybridized carbons (Fsp3) is 0.238. The third-order valence-electron chi connectivity index (χ3n) is 4.39. The van der Waals surface area contributed by atoms with Gasteiger partial charge in [0.15, 0.2) is 0 Å². The van der Waals surface area contributed by atoms with Gasteiger partial charge in [-0.15, -0.1) is 0 Å². The molecule has 3 aromatic rings. The maximum Gasteiger partial charge on any atom is 0.249 e. The van der Waals surface area contributed by atoms with Crippen LogP contribution in [-0.2, 0) is 11.3 Å². The first-order chi connectivity index (χ1) is 12.6. The van der Waals surface area contributed by atoms with Crippen molar-refractivity contribution in [1.82, 2.24) is 0 Å². The lowest BCUT2D eigenvalue weighted by molar-refractivity contribution is 0.0189. The van der Waals surface area contributed by atoms with Gasteiger partial charge in [-0.05, 0) is 18.1 Å². The van der Waals surface area contributed by atoms with E-state index in [2.05, 4.69) is 5.32 Å². The van der Waals surface area contributed by atoms with Crippen LogP contribution in [0.15, 0.2) is 70.3 Å². The van der Waals surface area contributed by atoms with Gasteiger partial charge >= 0.3 is 0 Å². The number of aliphatic hydroxyl groups is 1. The predicted molar refractivity (Wildman–Crippen MR) is 101 cm³/mol. The summed E-state index contributed by atoms with van der Waals surface area (Å²) in [6.45, 7) is 2.08. The Morgan fingerprint density at radius 1 is 0.962 bits per heavy atom. The predicted octanol–water partition coefficient (Wildman–Crippen LogP) is 2.32. The minimum Gasteiger partial charge on any atom is -0.388 e. The number of ether oxygens (including phenoxy) is 1. The molecule has 3 rings (SSSR count). The fourth-order valence-electron chi connectivity index (χ4n) is 2.86. The van der Waals surface area contributed by atoms with Crippen LogP contribution < -0.4 is 16.2 Å². The normalized spacial score (nSPS) is 13.5. The molecule has 0 fully saturated rings. The average Bonchev–Trinajstić information content (AvgIpc) is 2.69. The van der Waals surface area contributed by atoms with E-state index in [1.165, 1.54) is 0 Å². The Labute approximate surface area is 151 Å². The molecule has 0 unspecified atom stereocenters. The smallest absolute Gasteiger partial charge is 0.249 e. The maximum atomic E-state index is 11.8. The highest BCUT2D eigenvalue weighted by molar-refractivity contribution is 5.57. The lowest BCUT2D eigenvalue weighted by Gasteiger charge is -2.26. The molecule has 0 amide bonds. The van der Waals surface area contributed by atoms with Crippen LogP contribution >= 0.6 is 0 Å². The summed E-state index contributed by atoms with van der Waals surface area (Å²) in [6, 6.07) is 18.5. The molecule has 0 saturated carbocycles. The second kappa shape index (κ2) is 8.08. The Bertz CT molecular complexity index is 914. The number of hydrogen-bond donors (Lipinski definition) is 2. The van der Waals surface area contributed by atoms with Gasteiger partial charge in [0.25, 0.3) is 0 Å². The SMILES string of the molecule is Cc1c(N[C@H](c2ccccc2)[C@@H](O)COCc2ccccc2)c(=O)c1=O. The van der Waals surface area contributed by atoms with Gasteiger partial charge in [0.05, 0.1) is 24.9 Å². The Kier molecular flexibility index (Phi) is 5.61. The van der Waals surface area contributed by atoms with Crippen molar-refractivity contribution in [3.8, 4) is 0 Å². The van der Waals surface area contributed by atoms with E-state index >= 15 is 0 Å². The molecule has 0 radical (unpaired) electrons. The van der Waals surface area contributed by atoms with E-state index in [0.717, 1.165) is 11.1 Å². The zero-order chi connectivity index (χ0) is 18.5. The van der Waals surface area contributed by atoms with Crippen LogP contribution in [0.3, 0.4) is 0 Å². The fourth-order valence-corrected chi connectivity index (χ4v) is 2.86. The quantitative estimate of drug-likeness (QED) is 0.609. The third kappa shape index (κ3) is 3.90. The standard InChI is InChI=1S/C21H21NO4/c1-14-18(21(25)20(14)24)22-19(16-10-6-3-7-11-16)17(23)13-26-12-15-8-4-2-5-9-15/h2-11,17,19,22-23H,12-13H2,1H3/t17-,19+/m0/s1. The molecule has 2 N–H and O–H groups in total. The van der Waals surface area contributed by atoms with Gasteiger partial charge in [-0.1, -0.05) is 60.7 Å². The van der Waals surface area contributed by atoms with Crippen molar-refractivity contribution in [1.29, 1.82) is 0 Å². The summed E-state index contributed by atoms with van der Waals surface area (Å²) in [7, 11) is 0. The molecular formula is C21H21NO4. The van der Waals surface area contributed by atoms with Crippen LogP contribution in [0.25, 0.3) is 0 Å². The van der Waals surface area contributed by atoms with E-state index in [4.69, 9.17) is 4.74 Å². The first-order valence-corrected chi connectivity index (χ1v) is 8.49. The number of aliphatic hydroxyl groups excluding tert-OH is 1. The van der Waals surface area contributed by atoms with Gasteiger partial charge in [-0.3, -0.25) is 9.59 Å². The second-order valence-electron chi connectivity index (χ2n) is 6.26. The van der Waals surface area contributed by atoms with Crippen LogP contribution in [-0.4, -0.2) is 17.8 Å². The molecule has 5 nitrogen and oxygen atoms in total. The molecule has 3 aromatic carbocycles. The number of nitrogens with one attached hydrogen (secondary N) is 1. The highest BCUT2D eigenvalue weighted by Crippen LogP contribution is 2.23. The van der Waals surface area contributed by atoms with E-state index in [0.29, 0.717) is 12.2 Å². The van der Waals surface area contributed by atoms with E-state index in [1.807, 2.05) is 60.7 Å². The van der Waals surface area contributed by atoms with Gasteiger partial charge < -0.3 is 15.2 Å². The van der Waals surface area contributed by atoms with Crippen molar-refractivity contribution in [3.05, 3.63) is 97.8 Å². The van der Waals surface area contributed by atoms with Crippen LogP contribution in [0.5, 0.6) is 0 Å². The zero-order valence-corrected chi connectivity index (χ0v) is 14.5. The molecule has 0 heterocycles. The Morgan fingerprint density at radius 2 is 1.58 bits per heavy atom. The van der Waals surface area contributed by atoms with Crippen LogP contribution in [0.1, 0.15) is 22.7 Å². The second-order valence-corrected chi connectivity index (χ2v) is 6.26. The minimum absolute atomic E-state index is 0.0932. The molecule has 0 spiro atoms. The molecule has 134 valence electrons. The largest absolute Gasteiger partial charge is 0.388 e. The first-order valence-electron chi connectivity index (χ1n) is 8.49. The van der Waals surface area contributed by atoms with E-state index in [-0.39, 0.29) is 12.3 Å². The van der Waals surface area contributed by atoms with Gasteiger partial charge in [0.2, 0.25) is 10.9 Å². The monoisotopic (exact) mass is 351 g/mol. The van der Waals surface area contributed by atoms with Crippen molar-refractivity contribution >= 4 is 5.69 Å². The summed E-state index contributed by atoms with van der Waals surface area (Å²) in [6.07, 6.45) is -0.884. The molecule has 2 atom stereocenters. The summed E-state index contributed by atoms with van der Waals surface area (Å²) in [5.41, 5.74) is 1.48. The molecule has 0 aliphatic carbocycles. The van der Waals surface area contributed by atoms with Crippen LogP contribution in [0.4, 0.5) is 5.69 Å². The van der Waals surface area contributed by atoms with Crippen LogP contribution in [0.2, 0.25) is 0 Å². The maximum absolute atomic E-state index is 11.8. The van der Waals surface area contributed by atoms with Crippen LogP contribution in [0, 0.1) is 6.92 Å². The molecule has 0 aliphatic heterocycles. The Hall–Kier alpha value is -2.76. The first kappa shape index (κ1) is 18.0.